The van der Waals surface area contributed by atoms with Gasteiger partial charge in [-0.1, -0.05) is 6.92 Å². The molecule has 0 saturated heterocycles. The van der Waals surface area contributed by atoms with Gasteiger partial charge in [0.25, 0.3) is 0 Å². The van der Waals surface area contributed by atoms with Gasteiger partial charge in [0.15, 0.2) is 0 Å². The first-order valence-corrected chi connectivity index (χ1v) is 7.79. The summed E-state index contributed by atoms with van der Waals surface area (Å²) in [5.74, 6) is 0. The molecule has 0 aromatic heterocycles. The maximum Gasteiger partial charge on any atom is 0.109 e. The Morgan fingerprint density at radius 3 is 1.57 bits per heavy atom. The van der Waals surface area contributed by atoms with E-state index < -0.39 is 6.10 Å². The second-order valence-electron chi connectivity index (χ2n) is 4.69. The molecule has 0 aromatic carbocycles. The molecule has 23 heavy (non-hydrogen) atoms. The molecule has 0 N–H and O–H groups in total. The Balaban J connectivity index is 4.54. The minimum atomic E-state index is -0.405. The lowest BCUT2D eigenvalue weighted by Crippen LogP contribution is -2.39. The van der Waals surface area contributed by atoms with Crippen molar-refractivity contribution in [1.82, 2.24) is 0 Å². The van der Waals surface area contributed by atoms with Crippen molar-refractivity contribution < 1.29 is 18.9 Å². The van der Waals surface area contributed by atoms with E-state index in [1.54, 1.807) is 0 Å². The maximum atomic E-state index is 8.62. The molecule has 7 nitrogen and oxygen atoms in total. The first-order valence-electron chi connectivity index (χ1n) is 7.79. The van der Waals surface area contributed by atoms with Crippen molar-refractivity contribution in [3.05, 3.63) is 0 Å². The van der Waals surface area contributed by atoms with Crippen LogP contribution in [0.5, 0.6) is 0 Å². The molecule has 128 valence electrons. The van der Waals surface area contributed by atoms with Crippen LogP contribution in [-0.4, -0.2) is 51.8 Å². The highest BCUT2D eigenvalue weighted by molar-refractivity contribution is 4.76. The van der Waals surface area contributed by atoms with Crippen molar-refractivity contribution in [2.24, 2.45) is 0 Å². The van der Waals surface area contributed by atoms with Gasteiger partial charge in [-0.15, -0.1) is 0 Å². The molecule has 2 unspecified atom stereocenters. The predicted octanol–water partition coefficient (Wildman–Crippen LogP) is 1.94. The van der Waals surface area contributed by atoms with Crippen molar-refractivity contribution in [3.63, 3.8) is 0 Å². The normalized spacial score (nSPS) is 12.8. The number of nitriles is 3. The van der Waals surface area contributed by atoms with E-state index in [2.05, 4.69) is 0 Å². The maximum absolute atomic E-state index is 8.62. The second-order valence-corrected chi connectivity index (χ2v) is 4.69. The quantitative estimate of drug-likeness (QED) is 0.424. The molecule has 0 heterocycles. The molecule has 0 spiro atoms. The van der Waals surface area contributed by atoms with Crippen LogP contribution in [0.3, 0.4) is 0 Å². The lowest BCUT2D eigenvalue weighted by atomic mass is 10.2. The second kappa shape index (κ2) is 16.7. The van der Waals surface area contributed by atoms with Gasteiger partial charge < -0.3 is 18.9 Å². The average molecular weight is 323 g/mol. The SMILES string of the molecule is CCCOCC(OCCC#N)C(COCCC#N)OCCC#N. The monoisotopic (exact) mass is 323 g/mol. The molecule has 0 amide bonds. The first kappa shape index (κ1) is 21.3. The Kier molecular flexibility index (Phi) is 15.5. The molecule has 2 atom stereocenters. The van der Waals surface area contributed by atoms with Gasteiger partial charge in [0.2, 0.25) is 0 Å². The van der Waals surface area contributed by atoms with E-state index >= 15 is 0 Å². The third-order valence-corrected chi connectivity index (χ3v) is 2.78. The van der Waals surface area contributed by atoms with E-state index in [1.165, 1.54) is 0 Å². The van der Waals surface area contributed by atoms with Gasteiger partial charge in [-0.3, -0.25) is 0 Å². The van der Waals surface area contributed by atoms with E-state index in [9.17, 15) is 0 Å². The Morgan fingerprint density at radius 1 is 0.696 bits per heavy atom. The molecule has 0 aromatic rings. The third kappa shape index (κ3) is 12.5. The van der Waals surface area contributed by atoms with Crippen LogP contribution in [0.15, 0.2) is 0 Å². The van der Waals surface area contributed by atoms with E-state index in [1.807, 2.05) is 25.1 Å². The van der Waals surface area contributed by atoms with Crippen LogP contribution in [0.4, 0.5) is 0 Å². The summed E-state index contributed by atoms with van der Waals surface area (Å²) in [5.41, 5.74) is 0. The van der Waals surface area contributed by atoms with Gasteiger partial charge in [-0.2, -0.15) is 15.8 Å². The Hall–Kier alpha value is -1.69. The molecule has 0 aliphatic rings. The Morgan fingerprint density at radius 2 is 1.13 bits per heavy atom. The minimum absolute atomic E-state index is 0.250. The van der Waals surface area contributed by atoms with Crippen molar-refractivity contribution in [2.45, 2.75) is 44.8 Å². The zero-order valence-corrected chi connectivity index (χ0v) is 13.7. The molecular formula is C16H25N3O4. The predicted molar refractivity (Wildman–Crippen MR) is 82.1 cm³/mol. The summed E-state index contributed by atoms with van der Waals surface area (Å²) in [7, 11) is 0. The molecule has 0 bridgehead atoms. The minimum Gasteiger partial charge on any atom is -0.379 e. The summed E-state index contributed by atoms with van der Waals surface area (Å²) in [5, 5.41) is 25.8. The number of ether oxygens (including phenoxy) is 4. The smallest absolute Gasteiger partial charge is 0.109 e. The van der Waals surface area contributed by atoms with Crippen LogP contribution < -0.4 is 0 Å². The topological polar surface area (TPSA) is 108 Å². The van der Waals surface area contributed by atoms with Crippen LogP contribution in [0.25, 0.3) is 0 Å². The summed E-state index contributed by atoms with van der Waals surface area (Å²) < 4.78 is 22.3. The summed E-state index contributed by atoms with van der Waals surface area (Å²) in [6, 6.07) is 6.05. The highest BCUT2D eigenvalue weighted by Gasteiger charge is 2.24. The van der Waals surface area contributed by atoms with Gasteiger partial charge in [0, 0.05) is 6.61 Å². The van der Waals surface area contributed by atoms with Crippen LogP contribution >= 0.6 is 0 Å². The van der Waals surface area contributed by atoms with Crippen molar-refractivity contribution >= 4 is 0 Å². The molecule has 0 rings (SSSR count). The Bertz CT molecular complexity index is 398. The lowest BCUT2D eigenvalue weighted by molar-refractivity contribution is -0.125. The van der Waals surface area contributed by atoms with Gasteiger partial charge in [0.05, 0.1) is 70.5 Å². The van der Waals surface area contributed by atoms with Crippen LogP contribution in [0.2, 0.25) is 0 Å². The van der Waals surface area contributed by atoms with Crippen molar-refractivity contribution in [1.29, 1.82) is 15.8 Å². The van der Waals surface area contributed by atoms with Gasteiger partial charge in [0.1, 0.15) is 12.2 Å². The lowest BCUT2D eigenvalue weighted by Gasteiger charge is -2.27. The zero-order chi connectivity index (χ0) is 17.2. The Labute approximate surface area is 138 Å². The number of hydrogen-bond acceptors (Lipinski definition) is 7. The molecule has 0 saturated carbocycles. The molecule has 0 radical (unpaired) electrons. The summed E-state index contributed by atoms with van der Waals surface area (Å²) >= 11 is 0. The number of rotatable bonds is 15. The van der Waals surface area contributed by atoms with Gasteiger partial charge in [-0.05, 0) is 6.42 Å². The largest absolute Gasteiger partial charge is 0.379 e. The highest BCUT2D eigenvalue weighted by Crippen LogP contribution is 2.09. The molecular weight excluding hydrogens is 298 g/mol. The highest BCUT2D eigenvalue weighted by atomic mass is 16.6. The number of nitrogens with zero attached hydrogens (tertiary/aromatic N) is 3. The molecule has 0 aliphatic heterocycles. The standard InChI is InChI=1S/C16H25N3O4/c1-2-9-20-13-15(22-11-4-7-18)16(23-12-5-8-19)14-21-10-3-6-17/h15-16H,2-5,9-14H2,1H3. The van der Waals surface area contributed by atoms with Crippen LogP contribution in [0.1, 0.15) is 32.6 Å². The molecule has 0 aliphatic carbocycles. The van der Waals surface area contributed by atoms with Gasteiger partial charge >= 0.3 is 0 Å². The fourth-order valence-electron chi connectivity index (χ4n) is 1.70. The molecule has 0 fully saturated rings. The zero-order valence-electron chi connectivity index (χ0n) is 13.7. The summed E-state index contributed by atoms with van der Waals surface area (Å²) in [6.07, 6.45) is 0.967. The van der Waals surface area contributed by atoms with E-state index in [0.717, 1.165) is 6.42 Å². The molecule has 7 heteroatoms. The van der Waals surface area contributed by atoms with E-state index in [-0.39, 0.29) is 38.8 Å². The van der Waals surface area contributed by atoms with E-state index in [4.69, 9.17) is 34.7 Å². The summed E-state index contributed by atoms with van der Waals surface area (Å²) in [6.45, 7) is 4.07. The fourth-order valence-corrected chi connectivity index (χ4v) is 1.70. The first-order chi connectivity index (χ1) is 11.3. The average Bonchev–Trinajstić information content (AvgIpc) is 2.56. The summed E-state index contributed by atoms with van der Waals surface area (Å²) in [4.78, 5) is 0. The number of hydrogen-bond donors (Lipinski definition) is 0. The van der Waals surface area contributed by atoms with Crippen LogP contribution in [-0.2, 0) is 18.9 Å². The third-order valence-electron chi connectivity index (χ3n) is 2.78. The van der Waals surface area contributed by atoms with Crippen LogP contribution in [0, 0.1) is 34.0 Å². The van der Waals surface area contributed by atoms with Gasteiger partial charge in [-0.25, -0.2) is 0 Å². The van der Waals surface area contributed by atoms with Crippen molar-refractivity contribution in [3.8, 4) is 18.2 Å². The van der Waals surface area contributed by atoms with Crippen molar-refractivity contribution in [2.75, 3.05) is 39.6 Å². The van der Waals surface area contributed by atoms with E-state index in [0.29, 0.717) is 26.2 Å². The fraction of sp³-hybridized carbons (Fsp3) is 0.812.